The van der Waals surface area contributed by atoms with Gasteiger partial charge >= 0.3 is 14.0 Å². The highest BCUT2D eigenvalue weighted by atomic mass is 31.2. The quantitative estimate of drug-likeness (QED) is 0.0354. The Morgan fingerprint density at radius 2 is 1.58 bits per heavy atom. The number of phosphoric acid groups is 1. The van der Waals surface area contributed by atoms with Crippen molar-refractivity contribution < 1.29 is 52.1 Å². The van der Waals surface area contributed by atoms with Crippen LogP contribution in [0.5, 0.6) is 0 Å². The molecule has 1 fully saturated rings. The van der Waals surface area contributed by atoms with Crippen LogP contribution >= 0.6 is 7.82 Å². The molecule has 0 unspecified atom stereocenters. The van der Waals surface area contributed by atoms with Crippen LogP contribution in [0.1, 0.15) is 123 Å². The molecule has 17 heteroatoms. The van der Waals surface area contributed by atoms with Gasteiger partial charge in [-0.25, -0.2) is 23.4 Å². The third kappa shape index (κ3) is 14.4. The molecule has 5 atom stereocenters. The molecule has 0 aliphatic carbocycles. The number of aliphatic hydroxyl groups excluding tert-OH is 2. The number of phosphoric ester groups is 1. The van der Waals surface area contributed by atoms with Gasteiger partial charge in [0.25, 0.3) is 0 Å². The molecule has 0 bridgehead atoms. The number of anilines is 1. The Labute approximate surface area is 313 Å². The van der Waals surface area contributed by atoms with E-state index in [0.717, 1.165) is 12.8 Å². The summed E-state index contributed by atoms with van der Waals surface area (Å²) in [6, 6.07) is 4.93. The van der Waals surface area contributed by atoms with Gasteiger partial charge in [0.2, 0.25) is 12.4 Å². The standard InChI is InChI=1S/C36H60N5O11P/c1-4-5-6-7-8-9-10-11-12-13-14-15-16-17-21-46-22-18-23-48-53(45,50-27-47-35(44)51-28(2)3)49-24-30-32(42)33(43)36(25-37,52-30)31-20-19-29-34(38)39-26-40-41(29)31/h19-20,26,28,30,32-33,42-43H,4-18,21-24,27H2,1-3H3,(H2,38,39,40)/t30-,32-,33-,36+,53-/m1/s1. The van der Waals surface area contributed by atoms with Crippen molar-refractivity contribution in [3.8, 4) is 6.07 Å². The summed E-state index contributed by atoms with van der Waals surface area (Å²) in [6.07, 6.45) is 13.1. The number of ether oxygens (including phenoxy) is 4. The number of nitriles is 1. The van der Waals surface area contributed by atoms with Gasteiger partial charge in [-0.1, -0.05) is 90.4 Å². The number of rotatable bonds is 28. The topological polar surface area (TPSA) is 219 Å². The Kier molecular flexibility index (Phi) is 20.0. The van der Waals surface area contributed by atoms with Gasteiger partial charge in [0.05, 0.1) is 25.0 Å². The monoisotopic (exact) mass is 769 g/mol. The molecule has 300 valence electrons. The van der Waals surface area contributed by atoms with Crippen molar-refractivity contribution >= 4 is 25.3 Å². The molecular formula is C36H60N5O11P. The second-order valence-corrected chi connectivity index (χ2v) is 15.2. The van der Waals surface area contributed by atoms with Crippen molar-refractivity contribution in [3.63, 3.8) is 0 Å². The normalized spacial score (nSPS) is 21.2. The zero-order valence-corrected chi connectivity index (χ0v) is 32.5. The summed E-state index contributed by atoms with van der Waals surface area (Å²) in [5.41, 5.74) is 4.25. The highest BCUT2D eigenvalue weighted by Gasteiger charge is 2.58. The number of carbonyl (C=O) groups is 1. The fraction of sp³-hybridized carbons (Fsp3) is 0.778. The summed E-state index contributed by atoms with van der Waals surface area (Å²) in [5, 5.41) is 36.1. The van der Waals surface area contributed by atoms with Crippen molar-refractivity contribution in [1.82, 2.24) is 14.6 Å². The van der Waals surface area contributed by atoms with Gasteiger partial charge in [-0.15, -0.1) is 0 Å². The summed E-state index contributed by atoms with van der Waals surface area (Å²) >= 11 is 0. The van der Waals surface area contributed by atoms with E-state index in [1.807, 2.05) is 6.07 Å². The number of hydrogen-bond donors (Lipinski definition) is 3. The van der Waals surface area contributed by atoms with E-state index < -0.39 is 57.4 Å². The number of hydrogen-bond acceptors (Lipinski definition) is 15. The van der Waals surface area contributed by atoms with Gasteiger partial charge in [-0.05, 0) is 38.8 Å². The van der Waals surface area contributed by atoms with E-state index in [4.69, 9.17) is 38.3 Å². The van der Waals surface area contributed by atoms with Crippen LogP contribution in [0.25, 0.3) is 5.52 Å². The summed E-state index contributed by atoms with van der Waals surface area (Å²) in [5.74, 6) is 0.127. The Balaban J connectivity index is 1.40. The molecule has 16 nitrogen and oxygen atoms in total. The number of nitrogen functional groups attached to an aromatic ring is 1. The minimum absolute atomic E-state index is 0.0833. The van der Waals surface area contributed by atoms with Crippen LogP contribution in [-0.2, 0) is 42.7 Å². The Bertz CT molecular complexity index is 1440. The van der Waals surface area contributed by atoms with Crippen LogP contribution in [0.4, 0.5) is 10.6 Å². The first-order valence-corrected chi connectivity index (χ1v) is 20.5. The van der Waals surface area contributed by atoms with Crippen molar-refractivity contribution in [1.29, 1.82) is 5.26 Å². The summed E-state index contributed by atoms with van der Waals surface area (Å²) in [4.78, 5) is 15.7. The van der Waals surface area contributed by atoms with E-state index in [1.54, 1.807) is 19.9 Å². The Morgan fingerprint density at radius 1 is 0.962 bits per heavy atom. The third-order valence-electron chi connectivity index (χ3n) is 8.93. The Hall–Kier alpha value is -2.87. The smallest absolute Gasteiger partial charge is 0.432 e. The lowest BCUT2D eigenvalue weighted by atomic mass is 9.92. The van der Waals surface area contributed by atoms with Crippen LogP contribution < -0.4 is 5.73 Å². The molecule has 1 saturated heterocycles. The number of carbonyl (C=O) groups excluding carboxylic acids is 1. The van der Waals surface area contributed by atoms with E-state index in [2.05, 4.69) is 17.0 Å². The van der Waals surface area contributed by atoms with Crippen molar-refractivity contribution in [2.24, 2.45) is 0 Å². The van der Waals surface area contributed by atoms with Gasteiger partial charge in [-0.3, -0.25) is 9.05 Å². The van der Waals surface area contributed by atoms with Crippen LogP contribution in [0.2, 0.25) is 0 Å². The molecular weight excluding hydrogens is 709 g/mol. The number of nitrogens with zero attached hydrogens (tertiary/aromatic N) is 4. The molecule has 0 aromatic carbocycles. The number of nitrogens with two attached hydrogens (primary N) is 1. The van der Waals surface area contributed by atoms with Gasteiger partial charge in [0.15, 0.2) is 5.82 Å². The zero-order valence-electron chi connectivity index (χ0n) is 31.6. The minimum Gasteiger partial charge on any atom is -0.432 e. The predicted molar refractivity (Wildman–Crippen MR) is 195 cm³/mol. The second kappa shape index (κ2) is 23.8. The number of aliphatic hydroxyl groups is 2. The molecule has 0 amide bonds. The fourth-order valence-corrected chi connectivity index (χ4v) is 7.12. The molecule has 3 heterocycles. The Morgan fingerprint density at radius 3 is 2.21 bits per heavy atom. The molecule has 53 heavy (non-hydrogen) atoms. The zero-order chi connectivity index (χ0) is 38.5. The van der Waals surface area contributed by atoms with E-state index in [-0.39, 0.29) is 18.1 Å². The summed E-state index contributed by atoms with van der Waals surface area (Å²) in [6.45, 7) is 4.90. The molecule has 4 N–H and O–H groups in total. The van der Waals surface area contributed by atoms with Crippen LogP contribution in [0.15, 0.2) is 18.5 Å². The van der Waals surface area contributed by atoms with Gasteiger partial charge in [0, 0.05) is 13.2 Å². The van der Waals surface area contributed by atoms with Crippen molar-refractivity contribution in [3.05, 3.63) is 24.2 Å². The van der Waals surface area contributed by atoms with Crippen LogP contribution in [0.3, 0.4) is 0 Å². The minimum atomic E-state index is -4.44. The fourth-order valence-electron chi connectivity index (χ4n) is 6.03. The van der Waals surface area contributed by atoms with E-state index >= 15 is 0 Å². The maximum Gasteiger partial charge on any atom is 0.510 e. The van der Waals surface area contributed by atoms with Gasteiger partial charge in [0.1, 0.15) is 36.2 Å². The molecule has 0 radical (unpaired) electrons. The van der Waals surface area contributed by atoms with E-state index in [0.29, 0.717) is 25.2 Å². The van der Waals surface area contributed by atoms with Crippen LogP contribution in [-0.4, -0.2) is 88.6 Å². The lowest BCUT2D eigenvalue weighted by Crippen LogP contribution is -2.41. The van der Waals surface area contributed by atoms with Crippen molar-refractivity contribution in [2.75, 3.05) is 39.0 Å². The molecule has 0 saturated carbocycles. The average molecular weight is 770 g/mol. The van der Waals surface area contributed by atoms with Gasteiger partial charge in [-0.2, -0.15) is 10.4 Å². The molecule has 0 spiro atoms. The lowest BCUT2D eigenvalue weighted by molar-refractivity contribution is -0.0692. The summed E-state index contributed by atoms with van der Waals surface area (Å²) in [7, 11) is -4.44. The lowest BCUT2D eigenvalue weighted by Gasteiger charge is -2.24. The molecule has 2 aromatic heterocycles. The maximum absolute atomic E-state index is 13.6. The van der Waals surface area contributed by atoms with Crippen LogP contribution in [0, 0.1) is 11.3 Å². The number of fused-ring (bicyclic) bond motifs is 1. The van der Waals surface area contributed by atoms with E-state index in [1.165, 1.54) is 94.0 Å². The molecule has 2 aromatic rings. The van der Waals surface area contributed by atoms with Crippen molar-refractivity contribution in [2.45, 2.75) is 147 Å². The maximum atomic E-state index is 13.6. The molecule has 1 aliphatic heterocycles. The van der Waals surface area contributed by atoms with Gasteiger partial charge < -0.3 is 34.9 Å². The van der Waals surface area contributed by atoms with E-state index in [9.17, 15) is 24.8 Å². The predicted octanol–water partition coefficient (Wildman–Crippen LogP) is 6.72. The highest BCUT2D eigenvalue weighted by Crippen LogP contribution is 2.51. The first-order valence-electron chi connectivity index (χ1n) is 19.1. The third-order valence-corrected chi connectivity index (χ3v) is 10.3. The number of unbranched alkanes of at least 4 members (excludes halogenated alkanes) is 13. The SMILES string of the molecule is CCCCCCCCCCCCCCCCOCCCO[P@@](=O)(OCOC(=O)OC(C)C)OC[C@H]1O[C@@](C#N)(c2ccc3c(N)ncnn23)[C@H](O)[C@@H]1O. The molecule has 3 rings (SSSR count). The summed E-state index contributed by atoms with van der Waals surface area (Å²) < 4.78 is 52.3. The molecule has 1 aliphatic rings. The first kappa shape index (κ1) is 44.5. The second-order valence-electron chi connectivity index (χ2n) is 13.5. The highest BCUT2D eigenvalue weighted by molar-refractivity contribution is 7.48. The largest absolute Gasteiger partial charge is 0.510 e. The average Bonchev–Trinajstić information content (AvgIpc) is 3.68. The number of aromatic nitrogens is 3. The first-order chi connectivity index (χ1) is 25.6.